The van der Waals surface area contributed by atoms with Crippen LogP contribution < -0.4 is 25.4 Å². The molecule has 1 aliphatic heterocycles. The van der Waals surface area contributed by atoms with Crippen LogP contribution in [-0.2, 0) is 0 Å². The minimum Gasteiger partial charge on any atom is -0.454 e. The molecule has 0 radical (unpaired) electrons. The maximum Gasteiger partial charge on any atom is 0.255 e. The van der Waals surface area contributed by atoms with Crippen molar-refractivity contribution < 1.29 is 23.9 Å². The van der Waals surface area contributed by atoms with Crippen molar-refractivity contribution in [3.05, 3.63) is 89.5 Å². The fourth-order valence-corrected chi connectivity index (χ4v) is 3.09. The lowest BCUT2D eigenvalue weighted by Crippen LogP contribution is -2.34. The minimum atomic E-state index is -0.297. The number of rotatable bonds is 7. The van der Waals surface area contributed by atoms with Crippen molar-refractivity contribution in [2.75, 3.05) is 25.2 Å². The van der Waals surface area contributed by atoms with Crippen LogP contribution in [0.5, 0.6) is 11.5 Å². The van der Waals surface area contributed by atoms with Gasteiger partial charge in [0.2, 0.25) is 6.79 Å². The monoisotopic (exact) mass is 431 g/mol. The number of carbonyl (C=O) groups excluding carboxylic acids is 3. The topological polar surface area (TPSA) is 106 Å². The molecule has 0 aliphatic carbocycles. The first-order valence-corrected chi connectivity index (χ1v) is 10.0. The molecule has 32 heavy (non-hydrogen) atoms. The molecule has 3 aromatic carbocycles. The predicted octanol–water partition coefficient (Wildman–Crippen LogP) is 2.83. The van der Waals surface area contributed by atoms with E-state index < -0.39 is 0 Å². The highest BCUT2D eigenvalue weighted by Gasteiger charge is 2.16. The number of nitrogens with one attached hydrogen (secondary N) is 3. The van der Waals surface area contributed by atoms with Crippen LogP contribution in [-0.4, -0.2) is 37.6 Å². The van der Waals surface area contributed by atoms with Gasteiger partial charge in [-0.1, -0.05) is 18.2 Å². The van der Waals surface area contributed by atoms with Crippen LogP contribution in [0.2, 0.25) is 0 Å². The molecule has 4 rings (SSSR count). The van der Waals surface area contributed by atoms with E-state index in [1.54, 1.807) is 66.7 Å². The van der Waals surface area contributed by atoms with Crippen molar-refractivity contribution in [1.29, 1.82) is 0 Å². The number of ether oxygens (including phenoxy) is 2. The van der Waals surface area contributed by atoms with Crippen molar-refractivity contribution in [1.82, 2.24) is 10.6 Å². The van der Waals surface area contributed by atoms with Crippen molar-refractivity contribution in [2.24, 2.45) is 0 Å². The van der Waals surface area contributed by atoms with E-state index in [0.29, 0.717) is 47.0 Å². The zero-order valence-corrected chi connectivity index (χ0v) is 17.1. The first kappa shape index (κ1) is 20.9. The second-order valence-electron chi connectivity index (χ2n) is 6.98. The smallest absolute Gasteiger partial charge is 0.255 e. The number of benzene rings is 3. The third-order valence-corrected chi connectivity index (χ3v) is 4.77. The van der Waals surface area contributed by atoms with Crippen LogP contribution in [0, 0.1) is 0 Å². The number of fused-ring (bicyclic) bond motifs is 1. The summed E-state index contributed by atoms with van der Waals surface area (Å²) in [5, 5.41) is 8.28. The minimum absolute atomic E-state index is 0.142. The fraction of sp³-hybridized carbons (Fsp3) is 0.125. The number of hydrogen-bond donors (Lipinski definition) is 3. The van der Waals surface area contributed by atoms with Gasteiger partial charge in [0.15, 0.2) is 11.5 Å². The highest BCUT2D eigenvalue weighted by molar-refractivity contribution is 6.05. The quantitative estimate of drug-likeness (QED) is 0.499. The van der Waals surface area contributed by atoms with Gasteiger partial charge in [-0.3, -0.25) is 14.4 Å². The van der Waals surface area contributed by atoms with Crippen LogP contribution >= 0.6 is 0 Å². The Morgan fingerprint density at radius 2 is 1.25 bits per heavy atom. The van der Waals surface area contributed by atoms with Crippen LogP contribution in [0.1, 0.15) is 31.1 Å². The molecule has 3 aromatic rings. The van der Waals surface area contributed by atoms with E-state index in [9.17, 15) is 14.4 Å². The van der Waals surface area contributed by atoms with Crippen LogP contribution in [0.3, 0.4) is 0 Å². The average Bonchev–Trinajstić information content (AvgIpc) is 3.30. The second-order valence-corrected chi connectivity index (χ2v) is 6.98. The highest BCUT2D eigenvalue weighted by atomic mass is 16.7. The molecule has 3 amide bonds. The summed E-state index contributed by atoms with van der Waals surface area (Å²) in [5.74, 6) is 0.380. The van der Waals surface area contributed by atoms with Crippen LogP contribution in [0.15, 0.2) is 72.8 Å². The average molecular weight is 431 g/mol. The number of anilines is 1. The predicted molar refractivity (Wildman–Crippen MR) is 118 cm³/mol. The largest absolute Gasteiger partial charge is 0.454 e. The number of carbonyl (C=O) groups is 3. The molecule has 0 saturated carbocycles. The van der Waals surface area contributed by atoms with E-state index in [2.05, 4.69) is 16.0 Å². The lowest BCUT2D eigenvalue weighted by molar-refractivity contribution is 0.0927. The maximum absolute atomic E-state index is 12.4. The molecule has 1 aliphatic rings. The normalized spacial score (nSPS) is 11.5. The van der Waals surface area contributed by atoms with Gasteiger partial charge in [-0.25, -0.2) is 0 Å². The van der Waals surface area contributed by atoms with Crippen molar-refractivity contribution in [3.8, 4) is 11.5 Å². The third kappa shape index (κ3) is 5.04. The molecule has 1 heterocycles. The van der Waals surface area contributed by atoms with Crippen LogP contribution in [0.25, 0.3) is 0 Å². The van der Waals surface area contributed by atoms with Crippen molar-refractivity contribution in [2.45, 2.75) is 0 Å². The molecule has 0 atom stereocenters. The Balaban J connectivity index is 1.24. The van der Waals surface area contributed by atoms with Gasteiger partial charge in [-0.15, -0.1) is 0 Å². The Labute approximate surface area is 184 Å². The van der Waals surface area contributed by atoms with E-state index in [1.807, 2.05) is 6.07 Å². The number of amides is 3. The fourth-order valence-electron chi connectivity index (χ4n) is 3.09. The summed E-state index contributed by atoms with van der Waals surface area (Å²) in [4.78, 5) is 36.7. The lowest BCUT2D eigenvalue weighted by atomic mass is 10.1. The summed E-state index contributed by atoms with van der Waals surface area (Å²) < 4.78 is 10.5. The zero-order valence-electron chi connectivity index (χ0n) is 17.1. The molecule has 0 saturated heterocycles. The summed E-state index contributed by atoms with van der Waals surface area (Å²) in [6, 6.07) is 20.4. The number of hydrogen-bond acceptors (Lipinski definition) is 5. The Morgan fingerprint density at radius 3 is 1.94 bits per heavy atom. The van der Waals surface area contributed by atoms with Gasteiger partial charge in [0, 0.05) is 35.5 Å². The molecule has 0 unspecified atom stereocenters. The second kappa shape index (κ2) is 9.65. The summed E-state index contributed by atoms with van der Waals surface area (Å²) in [5.41, 5.74) is 2.01. The third-order valence-electron chi connectivity index (χ3n) is 4.77. The summed E-state index contributed by atoms with van der Waals surface area (Å²) in [7, 11) is 0. The molecule has 3 N–H and O–H groups in total. The van der Waals surface area contributed by atoms with Gasteiger partial charge in [0.1, 0.15) is 0 Å². The molecule has 0 aromatic heterocycles. The standard InChI is InChI=1S/C24H21N3O5/c28-22(16-4-2-1-3-5-16)25-12-13-26-23(29)17-6-9-19(10-7-17)27-24(30)18-8-11-20-21(14-18)32-15-31-20/h1-11,14H,12-13,15H2,(H,25,28)(H,26,29)(H,27,30). The first-order valence-electron chi connectivity index (χ1n) is 10.0. The van der Waals surface area contributed by atoms with Gasteiger partial charge >= 0.3 is 0 Å². The zero-order chi connectivity index (χ0) is 22.3. The van der Waals surface area contributed by atoms with Crippen molar-refractivity contribution >= 4 is 23.4 Å². The van der Waals surface area contributed by atoms with E-state index in [-0.39, 0.29) is 24.5 Å². The van der Waals surface area contributed by atoms with Gasteiger partial charge < -0.3 is 25.4 Å². The Hall–Kier alpha value is -4.33. The first-order chi connectivity index (χ1) is 15.6. The molecule has 0 bridgehead atoms. The molecular weight excluding hydrogens is 410 g/mol. The molecule has 162 valence electrons. The van der Waals surface area contributed by atoms with Gasteiger partial charge in [0.05, 0.1) is 0 Å². The molecule has 8 heteroatoms. The SMILES string of the molecule is O=C(NCCNC(=O)c1ccc(NC(=O)c2ccc3c(c2)OCO3)cc1)c1ccccc1. The molecule has 0 fully saturated rings. The van der Waals surface area contributed by atoms with Gasteiger partial charge in [0.25, 0.3) is 17.7 Å². The van der Waals surface area contributed by atoms with Gasteiger partial charge in [-0.2, -0.15) is 0 Å². The molecule has 0 spiro atoms. The van der Waals surface area contributed by atoms with E-state index in [4.69, 9.17) is 9.47 Å². The maximum atomic E-state index is 12.4. The Kier molecular flexibility index (Phi) is 6.31. The van der Waals surface area contributed by atoms with E-state index in [1.165, 1.54) is 0 Å². The molecular formula is C24H21N3O5. The van der Waals surface area contributed by atoms with E-state index in [0.717, 1.165) is 0 Å². The highest BCUT2D eigenvalue weighted by Crippen LogP contribution is 2.32. The Bertz CT molecular complexity index is 1130. The van der Waals surface area contributed by atoms with Crippen LogP contribution in [0.4, 0.5) is 5.69 Å². The summed E-state index contributed by atoms with van der Waals surface area (Å²) >= 11 is 0. The summed E-state index contributed by atoms with van der Waals surface area (Å²) in [6.07, 6.45) is 0. The summed E-state index contributed by atoms with van der Waals surface area (Å²) in [6.45, 7) is 0.743. The van der Waals surface area contributed by atoms with Gasteiger partial charge in [-0.05, 0) is 54.6 Å². The van der Waals surface area contributed by atoms with Crippen molar-refractivity contribution in [3.63, 3.8) is 0 Å². The lowest BCUT2D eigenvalue weighted by Gasteiger charge is -2.09. The van der Waals surface area contributed by atoms with E-state index >= 15 is 0 Å². The Morgan fingerprint density at radius 1 is 0.656 bits per heavy atom. The molecule has 8 nitrogen and oxygen atoms in total.